The van der Waals surface area contributed by atoms with Gasteiger partial charge in [-0.25, -0.2) is 8.42 Å². The molecule has 0 N–H and O–H groups in total. The lowest BCUT2D eigenvalue weighted by Crippen LogP contribution is -2.36. The average molecular weight is 457 g/mol. The monoisotopic (exact) mass is 455 g/mol. The molecule has 0 saturated heterocycles. The number of carbonyl (C=O) groups excluding carboxylic acids is 1. The molecule has 0 atom stereocenters. The molecule has 2 rings (SSSR count). The predicted octanol–water partition coefficient (Wildman–Crippen LogP) is 5.06. The maximum atomic E-state index is 13.1. The van der Waals surface area contributed by atoms with E-state index in [-0.39, 0.29) is 37.3 Å². The van der Waals surface area contributed by atoms with Gasteiger partial charge in [0.1, 0.15) is 6.54 Å². The zero-order valence-corrected chi connectivity index (χ0v) is 17.2. The van der Waals surface area contributed by atoms with E-state index in [0.717, 1.165) is 4.31 Å². The molecule has 0 fully saturated rings. The van der Waals surface area contributed by atoms with Crippen molar-refractivity contribution in [2.75, 3.05) is 17.5 Å². The van der Waals surface area contributed by atoms with Gasteiger partial charge in [-0.3, -0.25) is 9.10 Å². The van der Waals surface area contributed by atoms with E-state index in [1.807, 2.05) is 0 Å². The van der Waals surface area contributed by atoms with E-state index in [0.29, 0.717) is 0 Å². The first kappa shape index (κ1) is 21.1. The molecule has 0 amide bonds. The summed E-state index contributed by atoms with van der Waals surface area (Å²) in [5, 5.41) is 0.692. The van der Waals surface area contributed by atoms with Crippen molar-refractivity contribution < 1.29 is 17.9 Å². The van der Waals surface area contributed by atoms with Crippen molar-refractivity contribution in [3.63, 3.8) is 0 Å². The number of halogens is 4. The van der Waals surface area contributed by atoms with Crippen molar-refractivity contribution in [1.29, 1.82) is 0 Å². The van der Waals surface area contributed by atoms with Crippen LogP contribution in [0.25, 0.3) is 0 Å². The van der Waals surface area contributed by atoms with Gasteiger partial charge in [-0.1, -0.05) is 46.4 Å². The second-order valence-electron chi connectivity index (χ2n) is 5.02. The summed E-state index contributed by atoms with van der Waals surface area (Å²) in [4.78, 5) is 11.8. The third-order valence-corrected chi connectivity index (χ3v) is 6.14. The zero-order chi connectivity index (χ0) is 19.5. The van der Waals surface area contributed by atoms with Crippen LogP contribution in [0.3, 0.4) is 0 Å². The van der Waals surface area contributed by atoms with Crippen molar-refractivity contribution in [3.8, 4) is 0 Å². The number of hydrogen-bond acceptors (Lipinski definition) is 4. The smallest absolute Gasteiger partial charge is 0.326 e. The van der Waals surface area contributed by atoms with Crippen LogP contribution in [0, 0.1) is 0 Å². The first-order chi connectivity index (χ1) is 12.1. The lowest BCUT2D eigenvalue weighted by Gasteiger charge is -2.24. The van der Waals surface area contributed by atoms with Crippen LogP contribution in [-0.2, 0) is 19.6 Å². The number of anilines is 1. The number of esters is 1. The summed E-state index contributed by atoms with van der Waals surface area (Å²) in [6.45, 7) is 1.16. The third-order valence-electron chi connectivity index (χ3n) is 3.19. The second-order valence-corrected chi connectivity index (χ2v) is 8.57. The van der Waals surface area contributed by atoms with Gasteiger partial charge in [-0.2, -0.15) is 0 Å². The van der Waals surface area contributed by atoms with Gasteiger partial charge in [-0.05, 0) is 43.3 Å². The predicted molar refractivity (Wildman–Crippen MR) is 104 cm³/mol. The van der Waals surface area contributed by atoms with Gasteiger partial charge in [0.25, 0.3) is 10.0 Å². The fourth-order valence-corrected chi connectivity index (χ4v) is 4.38. The van der Waals surface area contributed by atoms with E-state index in [1.165, 1.54) is 36.4 Å². The molecule has 2 aromatic carbocycles. The van der Waals surface area contributed by atoms with Crippen molar-refractivity contribution in [3.05, 3.63) is 56.5 Å². The Kier molecular flexibility index (Phi) is 7.05. The maximum Gasteiger partial charge on any atom is 0.326 e. The van der Waals surface area contributed by atoms with Crippen molar-refractivity contribution in [2.45, 2.75) is 11.8 Å². The van der Waals surface area contributed by atoms with Crippen LogP contribution in [-0.4, -0.2) is 27.5 Å². The molecule has 0 aliphatic rings. The fourth-order valence-electron chi connectivity index (χ4n) is 2.09. The van der Waals surface area contributed by atoms with Crippen LogP contribution in [0.15, 0.2) is 41.3 Å². The van der Waals surface area contributed by atoms with E-state index in [2.05, 4.69) is 0 Å². The third kappa shape index (κ3) is 4.96. The number of ether oxygens (including phenoxy) is 1. The molecule has 2 aromatic rings. The molecule has 10 heteroatoms. The van der Waals surface area contributed by atoms with Crippen molar-refractivity contribution in [2.24, 2.45) is 0 Å². The minimum absolute atomic E-state index is 0.0629. The van der Waals surface area contributed by atoms with E-state index < -0.39 is 22.5 Å². The molecule has 0 bridgehead atoms. The Bertz CT molecular complexity index is 914. The Morgan fingerprint density at radius 1 is 1.00 bits per heavy atom. The maximum absolute atomic E-state index is 13.1. The average Bonchev–Trinajstić information content (AvgIpc) is 2.54. The SMILES string of the molecule is CCOC(=O)CN(c1cc(Cl)cc(Cl)c1)S(=O)(=O)c1ccc(Cl)c(Cl)c1. The minimum Gasteiger partial charge on any atom is -0.465 e. The van der Waals surface area contributed by atoms with Crippen LogP contribution in [0.2, 0.25) is 20.1 Å². The van der Waals surface area contributed by atoms with E-state index in [9.17, 15) is 13.2 Å². The minimum atomic E-state index is -4.17. The molecule has 0 saturated carbocycles. The summed E-state index contributed by atoms with van der Waals surface area (Å²) < 4.78 is 31.9. The Hall–Kier alpha value is -1.18. The quantitative estimate of drug-likeness (QED) is 0.570. The highest BCUT2D eigenvalue weighted by Crippen LogP contribution is 2.32. The van der Waals surface area contributed by atoms with Gasteiger partial charge in [0, 0.05) is 10.0 Å². The Morgan fingerprint density at radius 2 is 1.62 bits per heavy atom. The number of nitrogens with zero attached hydrogens (tertiary/aromatic N) is 1. The molecule has 0 aliphatic heterocycles. The zero-order valence-electron chi connectivity index (χ0n) is 13.4. The Balaban J connectivity index is 2.57. The highest BCUT2D eigenvalue weighted by molar-refractivity contribution is 7.92. The molecule has 0 radical (unpaired) electrons. The highest BCUT2D eigenvalue weighted by atomic mass is 35.5. The van der Waals surface area contributed by atoms with Crippen LogP contribution < -0.4 is 4.31 Å². The Morgan fingerprint density at radius 3 is 2.15 bits per heavy atom. The highest BCUT2D eigenvalue weighted by Gasteiger charge is 2.28. The summed E-state index contributed by atoms with van der Waals surface area (Å²) in [5.74, 6) is -0.729. The molecule has 26 heavy (non-hydrogen) atoms. The number of benzene rings is 2. The summed E-state index contributed by atoms with van der Waals surface area (Å²) in [6, 6.07) is 8.03. The summed E-state index contributed by atoms with van der Waals surface area (Å²) in [5.41, 5.74) is 0.113. The van der Waals surface area contributed by atoms with Gasteiger partial charge >= 0.3 is 5.97 Å². The molecule has 5 nitrogen and oxygen atoms in total. The molecular weight excluding hydrogens is 444 g/mol. The molecule has 140 valence electrons. The number of sulfonamides is 1. The molecule has 0 aliphatic carbocycles. The summed E-state index contributed by atoms with van der Waals surface area (Å²) in [6.07, 6.45) is 0. The largest absolute Gasteiger partial charge is 0.465 e. The summed E-state index contributed by atoms with van der Waals surface area (Å²) in [7, 11) is -4.17. The van der Waals surface area contributed by atoms with Gasteiger partial charge < -0.3 is 4.74 Å². The van der Waals surface area contributed by atoms with Crippen LogP contribution >= 0.6 is 46.4 Å². The summed E-state index contributed by atoms with van der Waals surface area (Å²) >= 11 is 23.7. The van der Waals surface area contributed by atoms with Gasteiger partial charge in [-0.15, -0.1) is 0 Å². The van der Waals surface area contributed by atoms with Crippen molar-refractivity contribution in [1.82, 2.24) is 0 Å². The Labute approximate surface area is 171 Å². The second kappa shape index (κ2) is 8.67. The molecule has 0 heterocycles. The number of rotatable bonds is 6. The fraction of sp³-hybridized carbons (Fsp3) is 0.188. The first-order valence-electron chi connectivity index (χ1n) is 7.24. The molecular formula is C16H13Cl4NO4S. The number of hydrogen-bond donors (Lipinski definition) is 0. The van der Waals surface area contributed by atoms with Gasteiger partial charge in [0.2, 0.25) is 0 Å². The van der Waals surface area contributed by atoms with Gasteiger partial charge in [0.15, 0.2) is 0 Å². The van der Waals surface area contributed by atoms with Crippen molar-refractivity contribution >= 4 is 68.1 Å². The normalized spacial score (nSPS) is 11.3. The lowest BCUT2D eigenvalue weighted by atomic mass is 10.3. The van der Waals surface area contributed by atoms with E-state index in [1.54, 1.807) is 6.92 Å². The number of carbonyl (C=O) groups is 1. The molecule has 0 aromatic heterocycles. The van der Waals surface area contributed by atoms with E-state index >= 15 is 0 Å². The molecule has 0 spiro atoms. The van der Waals surface area contributed by atoms with Crippen LogP contribution in [0.5, 0.6) is 0 Å². The standard InChI is InChI=1S/C16H13Cl4NO4S/c1-2-25-16(22)9-21(12-6-10(17)5-11(18)7-12)26(23,24)13-3-4-14(19)15(20)8-13/h3-8H,2,9H2,1H3. The lowest BCUT2D eigenvalue weighted by molar-refractivity contribution is -0.141. The van der Waals surface area contributed by atoms with E-state index in [4.69, 9.17) is 51.1 Å². The first-order valence-corrected chi connectivity index (χ1v) is 10.2. The van der Waals surface area contributed by atoms with Gasteiger partial charge in [0.05, 0.1) is 27.2 Å². The topological polar surface area (TPSA) is 63.7 Å². The van der Waals surface area contributed by atoms with Crippen LogP contribution in [0.4, 0.5) is 5.69 Å². The van der Waals surface area contributed by atoms with Crippen LogP contribution in [0.1, 0.15) is 6.92 Å². The molecule has 0 unspecified atom stereocenters.